The Bertz CT molecular complexity index is 1110. The smallest absolute Gasteiger partial charge is 0.477 e. The van der Waals surface area contributed by atoms with Gasteiger partial charge in [-0.3, -0.25) is 9.67 Å². The first-order chi connectivity index (χ1) is 15.7. The number of hydrogen-bond donors (Lipinski definition) is 4. The molecule has 0 aromatic carbocycles. The molecule has 0 fully saturated rings. The van der Waals surface area contributed by atoms with Crippen LogP contribution in [0.15, 0.2) is 31.0 Å². The molecule has 4 N–H and O–H groups in total. The molecule has 176 valence electrons. The van der Waals surface area contributed by atoms with Crippen LogP contribution in [0, 0.1) is 0 Å². The Morgan fingerprint density at radius 1 is 1.18 bits per heavy atom. The molecule has 1 aliphatic carbocycles. The number of aromatic carboxylic acids is 1. The van der Waals surface area contributed by atoms with Crippen LogP contribution in [0.5, 0.6) is 0 Å². The number of aliphatic carboxylic acids is 1. The predicted molar refractivity (Wildman–Crippen MR) is 108 cm³/mol. The third-order valence-corrected chi connectivity index (χ3v) is 4.89. The molecule has 3 aromatic heterocycles. The number of rotatable bonds is 7. The summed E-state index contributed by atoms with van der Waals surface area (Å²) in [5.74, 6) is -3.67. The van der Waals surface area contributed by atoms with Gasteiger partial charge in [-0.1, -0.05) is 0 Å². The summed E-state index contributed by atoms with van der Waals surface area (Å²) in [5, 5.41) is 24.8. The van der Waals surface area contributed by atoms with Crippen molar-refractivity contribution in [2.75, 3.05) is 6.54 Å². The molecule has 0 bridgehead atoms. The summed E-state index contributed by atoms with van der Waals surface area (Å²) in [7, 11) is 0. The van der Waals surface area contributed by atoms with Gasteiger partial charge in [-0.05, 0) is 37.4 Å². The molecule has 0 aliphatic heterocycles. The van der Waals surface area contributed by atoms with Crippen LogP contribution in [-0.4, -0.2) is 59.6 Å². The highest BCUT2D eigenvalue weighted by atomic mass is 19.4. The van der Waals surface area contributed by atoms with E-state index in [1.54, 1.807) is 23.4 Å². The fraction of sp³-hybridized carbons (Fsp3) is 0.350. The standard InChI is InChI=1S/C18H20N6O2.C2HF3O2/c25-18(26)17-15-3-2-12-8-20-6-4-14(12)16(15)23-24(17)7-1-5-19-9-13-10-21-11-22-13;3-2(4,5)1(6)7/h4,6,8,10-11,19H,1-3,5,7,9H2,(H,21,22)(H,25,26);(H,6,7). The minimum Gasteiger partial charge on any atom is -0.477 e. The lowest BCUT2D eigenvalue weighted by molar-refractivity contribution is -0.192. The zero-order valence-corrected chi connectivity index (χ0v) is 17.3. The van der Waals surface area contributed by atoms with Crippen molar-refractivity contribution in [2.24, 2.45) is 0 Å². The minimum atomic E-state index is -5.08. The van der Waals surface area contributed by atoms with E-state index in [9.17, 15) is 23.1 Å². The Morgan fingerprint density at radius 2 is 1.94 bits per heavy atom. The van der Waals surface area contributed by atoms with E-state index in [0.29, 0.717) is 25.2 Å². The van der Waals surface area contributed by atoms with Crippen molar-refractivity contribution in [3.63, 3.8) is 0 Å². The average Bonchev–Trinajstić information content (AvgIpc) is 3.40. The third kappa shape index (κ3) is 5.94. The monoisotopic (exact) mass is 466 g/mol. The molecule has 0 radical (unpaired) electrons. The molecule has 1 aliphatic rings. The molecular formula is C20H21F3N6O4. The lowest BCUT2D eigenvalue weighted by Crippen LogP contribution is -2.21. The van der Waals surface area contributed by atoms with E-state index < -0.39 is 18.1 Å². The maximum absolute atomic E-state index is 11.8. The second-order valence-electron chi connectivity index (χ2n) is 7.15. The van der Waals surface area contributed by atoms with Crippen LogP contribution in [-0.2, 0) is 30.7 Å². The molecule has 10 nitrogen and oxygen atoms in total. The number of halogens is 3. The van der Waals surface area contributed by atoms with Crippen LogP contribution >= 0.6 is 0 Å². The highest BCUT2D eigenvalue weighted by molar-refractivity contribution is 5.90. The number of aryl methyl sites for hydroxylation is 2. The number of H-pyrrole nitrogens is 1. The Labute approximate surface area is 185 Å². The quantitative estimate of drug-likeness (QED) is 0.388. The van der Waals surface area contributed by atoms with Gasteiger partial charge in [0.25, 0.3) is 0 Å². The first-order valence-corrected chi connectivity index (χ1v) is 9.92. The van der Waals surface area contributed by atoms with E-state index >= 15 is 0 Å². The zero-order chi connectivity index (χ0) is 24.0. The molecule has 33 heavy (non-hydrogen) atoms. The number of fused-ring (bicyclic) bond motifs is 3. The summed E-state index contributed by atoms with van der Waals surface area (Å²) >= 11 is 0. The van der Waals surface area contributed by atoms with Crippen molar-refractivity contribution in [1.82, 2.24) is 30.0 Å². The summed E-state index contributed by atoms with van der Waals surface area (Å²) < 4.78 is 33.4. The topological polar surface area (TPSA) is 146 Å². The molecule has 0 amide bonds. The summed E-state index contributed by atoms with van der Waals surface area (Å²) in [6.07, 6.45) is 4.20. The number of aromatic amines is 1. The van der Waals surface area contributed by atoms with Crippen molar-refractivity contribution in [1.29, 1.82) is 0 Å². The van der Waals surface area contributed by atoms with Gasteiger partial charge in [-0.2, -0.15) is 18.3 Å². The fourth-order valence-electron chi connectivity index (χ4n) is 3.43. The van der Waals surface area contributed by atoms with Gasteiger partial charge < -0.3 is 20.5 Å². The predicted octanol–water partition coefficient (Wildman–Crippen LogP) is 2.28. The third-order valence-electron chi connectivity index (χ3n) is 4.89. The number of aromatic nitrogens is 5. The number of hydrogen-bond acceptors (Lipinski definition) is 6. The van der Waals surface area contributed by atoms with Gasteiger partial charge in [0.05, 0.1) is 12.0 Å². The van der Waals surface area contributed by atoms with E-state index in [4.69, 9.17) is 9.90 Å². The van der Waals surface area contributed by atoms with Crippen LogP contribution in [0.4, 0.5) is 13.2 Å². The lowest BCUT2D eigenvalue weighted by Gasteiger charge is -2.14. The molecule has 13 heteroatoms. The first-order valence-electron chi connectivity index (χ1n) is 9.92. The summed E-state index contributed by atoms with van der Waals surface area (Å²) in [6, 6.07) is 1.92. The normalized spacial score (nSPS) is 12.3. The maximum Gasteiger partial charge on any atom is 0.490 e. The molecule has 3 aromatic rings. The lowest BCUT2D eigenvalue weighted by atomic mass is 9.90. The number of carboxylic acids is 2. The molecule has 0 spiro atoms. The highest BCUT2D eigenvalue weighted by Gasteiger charge is 2.38. The Balaban J connectivity index is 0.000000383. The van der Waals surface area contributed by atoms with Gasteiger partial charge in [0.1, 0.15) is 5.69 Å². The molecular weight excluding hydrogens is 445 g/mol. The number of carbonyl (C=O) groups is 2. The maximum atomic E-state index is 11.8. The van der Waals surface area contributed by atoms with Gasteiger partial charge in [0.2, 0.25) is 0 Å². The zero-order valence-electron chi connectivity index (χ0n) is 17.3. The van der Waals surface area contributed by atoms with E-state index in [-0.39, 0.29) is 0 Å². The van der Waals surface area contributed by atoms with E-state index in [0.717, 1.165) is 47.5 Å². The van der Waals surface area contributed by atoms with Crippen LogP contribution in [0.25, 0.3) is 11.3 Å². The number of alkyl halides is 3. The Kier molecular flexibility index (Phi) is 7.43. The Hall–Kier alpha value is -3.74. The number of imidazole rings is 1. The number of carboxylic acid groups (broad SMARTS) is 2. The average molecular weight is 466 g/mol. The van der Waals surface area contributed by atoms with Gasteiger partial charge in [0.15, 0.2) is 0 Å². The van der Waals surface area contributed by atoms with Crippen molar-refractivity contribution in [2.45, 2.75) is 38.5 Å². The van der Waals surface area contributed by atoms with E-state index in [1.807, 2.05) is 12.3 Å². The second kappa shape index (κ2) is 10.3. The van der Waals surface area contributed by atoms with Crippen molar-refractivity contribution >= 4 is 11.9 Å². The second-order valence-corrected chi connectivity index (χ2v) is 7.15. The molecule has 3 heterocycles. The van der Waals surface area contributed by atoms with Crippen molar-refractivity contribution < 1.29 is 33.0 Å². The molecule has 0 atom stereocenters. The summed E-state index contributed by atoms with van der Waals surface area (Å²) in [6.45, 7) is 2.04. The fourth-order valence-corrected chi connectivity index (χ4v) is 3.43. The van der Waals surface area contributed by atoms with Crippen molar-refractivity contribution in [3.8, 4) is 11.3 Å². The molecule has 4 rings (SSSR count). The minimum absolute atomic E-state index is 0.316. The number of nitrogens with zero attached hydrogens (tertiary/aromatic N) is 4. The first kappa shape index (κ1) is 23.9. The van der Waals surface area contributed by atoms with Gasteiger partial charge in [-0.25, -0.2) is 14.6 Å². The number of pyridine rings is 1. The highest BCUT2D eigenvalue weighted by Crippen LogP contribution is 2.34. The van der Waals surface area contributed by atoms with Gasteiger partial charge in [-0.15, -0.1) is 0 Å². The van der Waals surface area contributed by atoms with E-state index in [2.05, 4.69) is 25.4 Å². The van der Waals surface area contributed by atoms with Crippen LogP contribution < -0.4 is 5.32 Å². The van der Waals surface area contributed by atoms with Crippen LogP contribution in [0.2, 0.25) is 0 Å². The van der Waals surface area contributed by atoms with E-state index in [1.165, 1.54) is 0 Å². The van der Waals surface area contributed by atoms with Gasteiger partial charge >= 0.3 is 18.1 Å². The molecule has 0 saturated carbocycles. The van der Waals surface area contributed by atoms with Crippen LogP contribution in [0.1, 0.15) is 33.7 Å². The van der Waals surface area contributed by atoms with Crippen LogP contribution in [0.3, 0.4) is 0 Å². The largest absolute Gasteiger partial charge is 0.490 e. The summed E-state index contributed by atoms with van der Waals surface area (Å²) in [4.78, 5) is 31.9. The molecule has 0 saturated heterocycles. The SMILES string of the molecule is O=C(O)C(F)(F)F.O=C(O)c1c2c(nn1CCCNCc1cnc[nH]1)-c1ccncc1CC2. The summed E-state index contributed by atoms with van der Waals surface area (Å²) in [5.41, 5.74) is 5.09. The molecule has 0 unspecified atom stereocenters. The Morgan fingerprint density at radius 3 is 2.58 bits per heavy atom. The number of nitrogens with one attached hydrogen (secondary N) is 2. The van der Waals surface area contributed by atoms with Gasteiger partial charge in [0, 0.05) is 48.5 Å². The van der Waals surface area contributed by atoms with Crippen molar-refractivity contribution in [3.05, 3.63) is 53.5 Å².